The third-order valence-corrected chi connectivity index (χ3v) is 4.68. The van der Waals surface area contributed by atoms with E-state index in [0.29, 0.717) is 11.3 Å². The van der Waals surface area contributed by atoms with E-state index in [9.17, 15) is 14.4 Å². The van der Waals surface area contributed by atoms with Crippen molar-refractivity contribution in [2.45, 2.75) is 37.0 Å². The first-order chi connectivity index (χ1) is 12.4. The second kappa shape index (κ2) is 9.20. The number of thioether (sulfide) groups is 1. The first-order valence-corrected chi connectivity index (χ1v) is 9.09. The second-order valence-corrected chi connectivity index (χ2v) is 7.19. The highest BCUT2D eigenvalue weighted by atomic mass is 32.2. The molecule has 0 aliphatic heterocycles. The fourth-order valence-electron chi connectivity index (χ4n) is 2.13. The van der Waals surface area contributed by atoms with Crippen LogP contribution in [0, 0.1) is 0 Å². The minimum Gasteiger partial charge on any atom is -0.452 e. The molecule has 6 heteroatoms. The molecule has 2 rings (SSSR count). The summed E-state index contributed by atoms with van der Waals surface area (Å²) in [7, 11) is 0. The topological polar surface area (TPSA) is 72.5 Å². The molecule has 1 N–H and O–H groups in total. The zero-order chi connectivity index (χ0) is 19.1. The van der Waals surface area contributed by atoms with E-state index < -0.39 is 23.2 Å². The van der Waals surface area contributed by atoms with Crippen molar-refractivity contribution in [2.75, 3.05) is 5.32 Å². The van der Waals surface area contributed by atoms with Crippen LogP contribution in [0.5, 0.6) is 0 Å². The maximum absolute atomic E-state index is 12.2. The highest BCUT2D eigenvalue weighted by Crippen LogP contribution is 2.23. The van der Waals surface area contributed by atoms with Gasteiger partial charge in [0.15, 0.2) is 11.9 Å². The second-order valence-electron chi connectivity index (χ2n) is 5.78. The first kappa shape index (κ1) is 19.7. The van der Waals surface area contributed by atoms with E-state index >= 15 is 0 Å². The van der Waals surface area contributed by atoms with Crippen LogP contribution in [-0.4, -0.2) is 29.0 Å². The summed E-state index contributed by atoms with van der Waals surface area (Å²) in [5.41, 5.74) is 0.984. The monoisotopic (exact) mass is 371 g/mol. The Kier molecular flexibility index (Phi) is 6.97. The van der Waals surface area contributed by atoms with E-state index in [1.807, 2.05) is 30.3 Å². The number of ketones is 1. The highest BCUT2D eigenvalue weighted by molar-refractivity contribution is 8.00. The molecule has 0 saturated carbocycles. The normalized spacial score (nSPS) is 12.7. The van der Waals surface area contributed by atoms with Crippen molar-refractivity contribution in [3.63, 3.8) is 0 Å². The van der Waals surface area contributed by atoms with E-state index in [1.54, 1.807) is 31.2 Å². The highest BCUT2D eigenvalue weighted by Gasteiger charge is 2.23. The molecule has 0 fully saturated rings. The summed E-state index contributed by atoms with van der Waals surface area (Å²) in [5.74, 6) is -0.998. The molecule has 0 saturated heterocycles. The van der Waals surface area contributed by atoms with Gasteiger partial charge in [0.25, 0.3) is 5.91 Å². The molecule has 0 aromatic heterocycles. The largest absolute Gasteiger partial charge is 0.452 e. The Balaban J connectivity index is 1.90. The molecule has 2 aromatic rings. The van der Waals surface area contributed by atoms with Gasteiger partial charge in [0, 0.05) is 16.1 Å². The molecule has 26 heavy (non-hydrogen) atoms. The Morgan fingerprint density at radius 2 is 1.69 bits per heavy atom. The zero-order valence-electron chi connectivity index (χ0n) is 14.9. The Morgan fingerprint density at radius 1 is 1.00 bits per heavy atom. The molecular formula is C20H21NO4S. The lowest BCUT2D eigenvalue weighted by Crippen LogP contribution is -2.32. The molecular weight excluding hydrogens is 350 g/mol. The van der Waals surface area contributed by atoms with Gasteiger partial charge in [-0.1, -0.05) is 30.3 Å². The van der Waals surface area contributed by atoms with E-state index in [-0.39, 0.29) is 5.78 Å². The molecule has 136 valence electrons. The number of amides is 1. The molecule has 2 atom stereocenters. The quantitative estimate of drug-likeness (QED) is 0.453. The molecule has 1 amide bonds. The number of hydrogen-bond donors (Lipinski definition) is 1. The number of ether oxygens (including phenoxy) is 1. The van der Waals surface area contributed by atoms with E-state index in [1.165, 1.54) is 25.6 Å². The van der Waals surface area contributed by atoms with Crippen LogP contribution in [0.1, 0.15) is 31.1 Å². The summed E-state index contributed by atoms with van der Waals surface area (Å²) in [6.07, 6.45) is -0.942. The zero-order valence-corrected chi connectivity index (χ0v) is 15.7. The summed E-state index contributed by atoms with van der Waals surface area (Å²) in [6.45, 7) is 4.71. The minimum atomic E-state index is -0.942. The van der Waals surface area contributed by atoms with Crippen molar-refractivity contribution in [1.82, 2.24) is 0 Å². The number of Topliss-reactive ketones (excluding diaryl/α,β-unsaturated/α-hetero) is 1. The maximum atomic E-state index is 12.2. The van der Waals surface area contributed by atoms with Gasteiger partial charge in [-0.25, -0.2) is 0 Å². The van der Waals surface area contributed by atoms with Crippen LogP contribution in [-0.2, 0) is 14.3 Å². The van der Waals surface area contributed by atoms with Crippen LogP contribution >= 0.6 is 11.8 Å². The molecule has 0 bridgehead atoms. The third-order valence-electron chi connectivity index (χ3n) is 3.59. The van der Waals surface area contributed by atoms with Crippen molar-refractivity contribution >= 4 is 35.1 Å². The molecule has 0 spiro atoms. The Morgan fingerprint density at radius 3 is 2.35 bits per heavy atom. The smallest absolute Gasteiger partial charge is 0.319 e. The van der Waals surface area contributed by atoms with Crippen LogP contribution < -0.4 is 5.32 Å². The predicted molar refractivity (Wildman–Crippen MR) is 102 cm³/mol. The molecule has 0 heterocycles. The number of carbonyl (C=O) groups is 3. The number of rotatable bonds is 7. The Labute approximate surface area is 157 Å². The van der Waals surface area contributed by atoms with Crippen LogP contribution in [0.15, 0.2) is 59.5 Å². The standard InChI is InChI=1S/C20H21NO4S/c1-13(22)16-8-7-9-17(12-16)21-19(23)14(2)25-20(24)15(3)26-18-10-5-4-6-11-18/h4-12,14-15H,1-3H3,(H,21,23)/t14-,15+/m1/s1. The molecule has 5 nitrogen and oxygen atoms in total. The lowest BCUT2D eigenvalue weighted by Gasteiger charge is -2.16. The van der Waals surface area contributed by atoms with Crippen molar-refractivity contribution in [3.05, 3.63) is 60.2 Å². The molecule has 0 radical (unpaired) electrons. The number of hydrogen-bond acceptors (Lipinski definition) is 5. The van der Waals surface area contributed by atoms with Crippen LogP contribution in [0.2, 0.25) is 0 Å². The van der Waals surface area contributed by atoms with Crippen LogP contribution in [0.4, 0.5) is 5.69 Å². The van der Waals surface area contributed by atoms with Gasteiger partial charge >= 0.3 is 5.97 Å². The Bertz CT molecular complexity index is 791. The number of carbonyl (C=O) groups excluding carboxylic acids is 3. The van der Waals surface area contributed by atoms with Crippen molar-refractivity contribution in [3.8, 4) is 0 Å². The van der Waals surface area contributed by atoms with Gasteiger partial charge in [0.05, 0.1) is 0 Å². The van der Waals surface area contributed by atoms with Gasteiger partial charge in [0.1, 0.15) is 5.25 Å². The number of nitrogens with one attached hydrogen (secondary N) is 1. The predicted octanol–water partition coefficient (Wildman–Crippen LogP) is 3.94. The van der Waals surface area contributed by atoms with E-state index in [2.05, 4.69) is 5.32 Å². The lowest BCUT2D eigenvalue weighted by molar-refractivity contribution is -0.152. The number of esters is 1. The lowest BCUT2D eigenvalue weighted by atomic mass is 10.1. The van der Waals surface area contributed by atoms with Gasteiger partial charge in [-0.3, -0.25) is 14.4 Å². The summed E-state index contributed by atoms with van der Waals surface area (Å²) in [6, 6.07) is 16.1. The molecule has 0 aliphatic rings. The number of benzene rings is 2. The van der Waals surface area contributed by atoms with Gasteiger partial charge < -0.3 is 10.1 Å². The molecule has 0 aliphatic carbocycles. The fourth-order valence-corrected chi connectivity index (χ4v) is 3.01. The Hall–Kier alpha value is -2.60. The molecule has 0 unspecified atom stereocenters. The van der Waals surface area contributed by atoms with Crippen LogP contribution in [0.3, 0.4) is 0 Å². The van der Waals surface area contributed by atoms with E-state index in [0.717, 1.165) is 4.90 Å². The summed E-state index contributed by atoms with van der Waals surface area (Å²) in [4.78, 5) is 36.8. The fraction of sp³-hybridized carbons (Fsp3) is 0.250. The van der Waals surface area contributed by atoms with Crippen LogP contribution in [0.25, 0.3) is 0 Å². The third kappa shape index (κ3) is 5.74. The average molecular weight is 371 g/mol. The summed E-state index contributed by atoms with van der Waals surface area (Å²) < 4.78 is 5.26. The van der Waals surface area contributed by atoms with Gasteiger partial charge in [-0.2, -0.15) is 0 Å². The van der Waals surface area contributed by atoms with Gasteiger partial charge in [-0.05, 0) is 45.0 Å². The minimum absolute atomic E-state index is 0.0904. The van der Waals surface area contributed by atoms with Crippen molar-refractivity contribution < 1.29 is 19.1 Å². The first-order valence-electron chi connectivity index (χ1n) is 8.21. The average Bonchev–Trinajstić information content (AvgIpc) is 2.62. The van der Waals surface area contributed by atoms with Crippen molar-refractivity contribution in [2.24, 2.45) is 0 Å². The number of anilines is 1. The SMILES string of the molecule is CC(=O)c1cccc(NC(=O)[C@@H](C)OC(=O)[C@H](C)Sc2ccccc2)c1. The summed E-state index contributed by atoms with van der Waals surface area (Å²) >= 11 is 1.37. The maximum Gasteiger partial charge on any atom is 0.319 e. The van der Waals surface area contributed by atoms with Gasteiger partial charge in [0.2, 0.25) is 0 Å². The van der Waals surface area contributed by atoms with Gasteiger partial charge in [-0.15, -0.1) is 11.8 Å². The van der Waals surface area contributed by atoms with E-state index in [4.69, 9.17) is 4.74 Å². The summed E-state index contributed by atoms with van der Waals surface area (Å²) in [5, 5.41) is 2.22. The molecule has 2 aromatic carbocycles. The van der Waals surface area contributed by atoms with Crippen molar-refractivity contribution in [1.29, 1.82) is 0 Å².